The highest BCUT2D eigenvalue weighted by Crippen LogP contribution is 2.04. The Hall–Kier alpha value is -0.0300. The van der Waals surface area contributed by atoms with Crippen molar-refractivity contribution in [3.63, 3.8) is 0 Å². The Morgan fingerprint density at radius 2 is 1.75 bits per heavy atom. The van der Waals surface area contributed by atoms with Crippen molar-refractivity contribution in [3.05, 3.63) is 0 Å². The number of halogens is 2. The van der Waals surface area contributed by atoms with Crippen molar-refractivity contribution in [1.82, 2.24) is 0 Å². The molecule has 0 amide bonds. The Balaban J connectivity index is -0.000000845. The summed E-state index contributed by atoms with van der Waals surface area (Å²) in [5, 5.41) is 8.54. The van der Waals surface area contributed by atoms with E-state index in [0.717, 1.165) is 30.3 Å². The van der Waals surface area contributed by atoms with Gasteiger partial charge in [0.2, 0.25) is 0 Å². The van der Waals surface area contributed by atoms with E-state index >= 15 is 0 Å². The summed E-state index contributed by atoms with van der Waals surface area (Å²) in [7, 11) is 6.47. The summed E-state index contributed by atoms with van der Waals surface area (Å²) in [4.78, 5) is 10.4. The van der Waals surface area contributed by atoms with Crippen molar-refractivity contribution < 1.29 is 26.8 Å². The highest BCUT2D eigenvalue weighted by Gasteiger charge is 2.11. The van der Waals surface area contributed by atoms with Gasteiger partial charge >= 0.3 is 5.97 Å². The molecule has 0 spiro atoms. The van der Waals surface area contributed by atoms with Crippen LogP contribution < -0.4 is 18.1 Å². The molecule has 16 heavy (non-hydrogen) atoms. The number of carbonyl (C=O) groups is 1. The second kappa shape index (κ2) is 10.1. The molecule has 0 aromatic rings. The van der Waals surface area contributed by atoms with Crippen LogP contribution in [0.4, 0.5) is 0 Å². The summed E-state index contributed by atoms with van der Waals surface area (Å²) < 4.78 is 0.963. The molecule has 100 valence electrons. The average Bonchev–Trinajstić information content (AvgIpc) is 2.01. The fourth-order valence-corrected chi connectivity index (χ4v) is 1.25. The number of rotatable bonds is 7. The highest BCUT2D eigenvalue weighted by atomic mass is 35.5. The quantitative estimate of drug-likeness (QED) is 0.421. The van der Waals surface area contributed by atoms with Crippen LogP contribution >= 0.6 is 12.4 Å². The van der Waals surface area contributed by atoms with Crippen molar-refractivity contribution in [2.24, 2.45) is 5.73 Å². The second-order valence-corrected chi connectivity index (χ2v) is 4.81. The molecular formula is C10H24Cl2N2O2. The number of nitrogens with zero attached hydrogens (tertiary/aromatic N) is 1. The van der Waals surface area contributed by atoms with Crippen molar-refractivity contribution in [1.29, 1.82) is 0 Å². The monoisotopic (exact) mass is 274 g/mol. The Morgan fingerprint density at radius 1 is 1.25 bits per heavy atom. The van der Waals surface area contributed by atoms with E-state index in [1.807, 2.05) is 0 Å². The molecule has 0 aromatic heterocycles. The molecule has 0 saturated carbocycles. The number of quaternary nitrogens is 1. The zero-order valence-electron chi connectivity index (χ0n) is 10.3. The number of carboxylic acid groups (broad SMARTS) is 1. The van der Waals surface area contributed by atoms with Crippen LogP contribution in [0.5, 0.6) is 0 Å². The Bertz CT molecular complexity index is 184. The van der Waals surface area contributed by atoms with E-state index in [0.29, 0.717) is 6.42 Å². The molecule has 0 aromatic carbocycles. The first kappa shape index (κ1) is 21.3. The van der Waals surface area contributed by atoms with Gasteiger partial charge in [-0.25, -0.2) is 0 Å². The Morgan fingerprint density at radius 3 is 2.12 bits per heavy atom. The van der Waals surface area contributed by atoms with E-state index in [1.54, 1.807) is 0 Å². The van der Waals surface area contributed by atoms with Gasteiger partial charge in [0.25, 0.3) is 0 Å². The second-order valence-electron chi connectivity index (χ2n) is 4.81. The highest BCUT2D eigenvalue weighted by molar-refractivity contribution is 5.85. The lowest BCUT2D eigenvalue weighted by molar-refractivity contribution is -0.870. The molecule has 6 heteroatoms. The van der Waals surface area contributed by atoms with Crippen molar-refractivity contribution >= 4 is 18.4 Å². The topological polar surface area (TPSA) is 63.3 Å². The first-order valence-electron chi connectivity index (χ1n) is 5.12. The van der Waals surface area contributed by atoms with Crippen LogP contribution in [-0.2, 0) is 4.79 Å². The summed E-state index contributed by atoms with van der Waals surface area (Å²) in [5.74, 6) is -0.892. The van der Waals surface area contributed by atoms with Gasteiger partial charge in [0.15, 0.2) is 0 Å². The molecule has 4 nitrogen and oxygen atoms in total. The number of aliphatic carboxylic acids is 1. The minimum absolute atomic E-state index is 0. The lowest BCUT2D eigenvalue weighted by atomic mass is 10.1. The van der Waals surface area contributed by atoms with Crippen LogP contribution in [0.25, 0.3) is 0 Å². The van der Waals surface area contributed by atoms with Crippen molar-refractivity contribution in [2.45, 2.75) is 31.7 Å². The molecule has 0 fully saturated rings. The minimum Gasteiger partial charge on any atom is -1.00 e. The van der Waals surface area contributed by atoms with E-state index in [9.17, 15) is 4.79 Å². The molecule has 0 heterocycles. The van der Waals surface area contributed by atoms with Crippen LogP contribution in [0.1, 0.15) is 25.7 Å². The number of unbranched alkanes of at least 4 members (excludes halogenated alkanes) is 2. The lowest BCUT2D eigenvalue weighted by Crippen LogP contribution is -3.00. The normalized spacial score (nSPS) is 12.2. The molecule has 0 aliphatic rings. The maximum Gasteiger partial charge on any atom is 0.320 e. The van der Waals surface area contributed by atoms with E-state index in [1.165, 1.54) is 0 Å². The third kappa shape index (κ3) is 14.0. The Labute approximate surface area is 111 Å². The van der Waals surface area contributed by atoms with Gasteiger partial charge in [0.1, 0.15) is 6.04 Å². The van der Waals surface area contributed by atoms with Gasteiger partial charge in [0, 0.05) is 0 Å². The molecule has 0 saturated heterocycles. The molecular weight excluding hydrogens is 251 g/mol. The molecule has 0 rings (SSSR count). The van der Waals surface area contributed by atoms with Gasteiger partial charge in [0.05, 0.1) is 27.7 Å². The largest absolute Gasteiger partial charge is 1.00 e. The third-order valence-corrected chi connectivity index (χ3v) is 2.16. The summed E-state index contributed by atoms with van der Waals surface area (Å²) >= 11 is 0. The first-order chi connectivity index (χ1) is 6.33. The number of hydrogen-bond donors (Lipinski definition) is 2. The van der Waals surface area contributed by atoms with Gasteiger partial charge in [-0.1, -0.05) is 6.42 Å². The molecule has 0 radical (unpaired) electrons. The van der Waals surface area contributed by atoms with E-state index in [-0.39, 0.29) is 24.8 Å². The smallest absolute Gasteiger partial charge is 0.320 e. The van der Waals surface area contributed by atoms with Gasteiger partial charge in [-0.15, -0.1) is 12.4 Å². The van der Waals surface area contributed by atoms with Gasteiger partial charge in [-0.05, 0) is 19.3 Å². The van der Waals surface area contributed by atoms with Crippen LogP contribution in [0.2, 0.25) is 0 Å². The van der Waals surface area contributed by atoms with Crippen molar-refractivity contribution in [2.75, 3.05) is 27.7 Å². The molecule has 1 atom stereocenters. The summed E-state index contributed by atoms with van der Waals surface area (Å²) in [5.41, 5.74) is 5.38. The maximum absolute atomic E-state index is 10.4. The summed E-state index contributed by atoms with van der Waals surface area (Å²) in [6.07, 6.45) is 3.70. The number of nitrogens with two attached hydrogens (primary N) is 1. The predicted molar refractivity (Wildman–Crippen MR) is 64.2 cm³/mol. The predicted octanol–water partition coefficient (Wildman–Crippen LogP) is -1.91. The molecule has 0 unspecified atom stereocenters. The van der Waals surface area contributed by atoms with Crippen LogP contribution in [-0.4, -0.2) is 49.3 Å². The fraction of sp³-hybridized carbons (Fsp3) is 0.900. The SMILES string of the molecule is C[N+](C)(C)CCCCC[C@H](N)C(=O)O.Cl.[Cl-]. The average molecular weight is 275 g/mol. The van der Waals surface area contributed by atoms with Gasteiger partial charge < -0.3 is 27.7 Å². The fourth-order valence-electron chi connectivity index (χ4n) is 1.25. The third-order valence-electron chi connectivity index (χ3n) is 2.16. The van der Waals surface area contributed by atoms with Crippen LogP contribution in [0.3, 0.4) is 0 Å². The molecule has 3 N–H and O–H groups in total. The lowest BCUT2D eigenvalue weighted by Gasteiger charge is -2.23. The molecule has 0 aliphatic carbocycles. The first-order valence-corrected chi connectivity index (χ1v) is 5.12. The maximum atomic E-state index is 10.4. The summed E-state index contributed by atoms with van der Waals surface area (Å²) in [6.45, 7) is 1.13. The van der Waals surface area contributed by atoms with Gasteiger partial charge in [-0.3, -0.25) is 4.79 Å². The van der Waals surface area contributed by atoms with E-state index in [4.69, 9.17) is 10.8 Å². The zero-order chi connectivity index (χ0) is 11.2. The zero-order valence-corrected chi connectivity index (χ0v) is 11.9. The Kier molecular flexibility index (Phi) is 13.5. The van der Waals surface area contributed by atoms with Crippen LogP contribution in [0.15, 0.2) is 0 Å². The van der Waals surface area contributed by atoms with E-state index in [2.05, 4.69) is 21.1 Å². The minimum atomic E-state index is -0.892. The molecule has 0 aliphatic heterocycles. The van der Waals surface area contributed by atoms with Crippen LogP contribution in [0, 0.1) is 0 Å². The van der Waals surface area contributed by atoms with Gasteiger partial charge in [-0.2, -0.15) is 0 Å². The molecule has 0 bridgehead atoms. The standard InChI is InChI=1S/C10H22N2O2.2ClH/c1-12(2,3)8-6-4-5-7-9(11)10(13)14;;/h9H,4-8,11H2,1-3H3;2*1H/t9-;;/m0../s1. The van der Waals surface area contributed by atoms with Crippen molar-refractivity contribution in [3.8, 4) is 0 Å². The number of hydrogen-bond acceptors (Lipinski definition) is 2. The van der Waals surface area contributed by atoms with E-state index < -0.39 is 12.0 Å². The number of carboxylic acids is 1. The summed E-state index contributed by atoms with van der Waals surface area (Å²) in [6, 6.07) is -0.681.